The number of esters is 2. The van der Waals surface area contributed by atoms with Crippen LogP contribution in [0.15, 0.2) is 101 Å². The predicted molar refractivity (Wildman–Crippen MR) is 195 cm³/mol. The van der Waals surface area contributed by atoms with Gasteiger partial charge in [-0.15, -0.1) is 0 Å². The van der Waals surface area contributed by atoms with Crippen molar-refractivity contribution in [2.75, 3.05) is 74.3 Å². The van der Waals surface area contributed by atoms with Gasteiger partial charge in [0.25, 0.3) is 0 Å². The molecule has 0 aromatic heterocycles. The maximum Gasteiger partial charge on any atom is 0.336 e. The molecule has 266 valence electrons. The minimum atomic E-state index is -0.734. The number of allylic oxidation sites excluding steroid dienone is 2. The van der Waals surface area contributed by atoms with E-state index < -0.39 is 17.9 Å². The van der Waals surface area contributed by atoms with Gasteiger partial charge < -0.3 is 33.6 Å². The summed E-state index contributed by atoms with van der Waals surface area (Å²) in [5.41, 5.74) is 5.41. The van der Waals surface area contributed by atoms with E-state index in [9.17, 15) is 9.59 Å². The van der Waals surface area contributed by atoms with Crippen molar-refractivity contribution >= 4 is 11.9 Å². The number of carbonyl (C=O) groups is 2. The monoisotopic (exact) mass is 681 g/mol. The standard InChI is InChI=1S/C41H51N3O6/c1-29-37(40(45)49-6)39(33-18-19-35(47-4)36(28-33)48-5)38(41(46)50-27-13-21-43-25-23-42(3)24-26-43)30(2)44(29)22-20-34(31-14-9-7-10-15-31)32-16-11-8-12-17-32/h7-12,14-19,28,34,39H,13,20-27H2,1-6H3. The number of hydrogen-bond donors (Lipinski definition) is 0. The second-order valence-corrected chi connectivity index (χ2v) is 13.0. The lowest BCUT2D eigenvalue weighted by molar-refractivity contribution is -0.139. The molecule has 9 heteroatoms. The average Bonchev–Trinajstić information content (AvgIpc) is 3.15. The number of methoxy groups -OCH3 is 3. The fraction of sp³-hybridized carbons (Fsp3) is 0.415. The van der Waals surface area contributed by atoms with Gasteiger partial charge in [-0.3, -0.25) is 0 Å². The summed E-state index contributed by atoms with van der Waals surface area (Å²) in [5, 5.41) is 0. The van der Waals surface area contributed by atoms with Crippen LogP contribution in [0.25, 0.3) is 0 Å². The van der Waals surface area contributed by atoms with Gasteiger partial charge in [-0.25, -0.2) is 9.59 Å². The highest BCUT2D eigenvalue weighted by atomic mass is 16.5. The molecule has 1 saturated heterocycles. The van der Waals surface area contributed by atoms with Crippen LogP contribution in [0, 0.1) is 0 Å². The van der Waals surface area contributed by atoms with Gasteiger partial charge in [0.15, 0.2) is 11.5 Å². The van der Waals surface area contributed by atoms with E-state index in [0.717, 1.165) is 57.0 Å². The van der Waals surface area contributed by atoms with Crippen LogP contribution >= 0.6 is 0 Å². The number of rotatable bonds is 14. The van der Waals surface area contributed by atoms with Crippen LogP contribution in [0.2, 0.25) is 0 Å². The third-order valence-corrected chi connectivity index (χ3v) is 10.0. The minimum Gasteiger partial charge on any atom is -0.493 e. The summed E-state index contributed by atoms with van der Waals surface area (Å²) in [4.78, 5) is 34.9. The summed E-state index contributed by atoms with van der Waals surface area (Å²) in [7, 11) is 6.66. The summed E-state index contributed by atoms with van der Waals surface area (Å²) in [6.45, 7) is 9.66. The molecule has 2 aliphatic rings. The van der Waals surface area contributed by atoms with Gasteiger partial charge in [-0.1, -0.05) is 66.7 Å². The fourth-order valence-electron chi connectivity index (χ4n) is 7.20. The van der Waals surface area contributed by atoms with Crippen molar-refractivity contribution in [2.45, 2.75) is 38.5 Å². The largest absolute Gasteiger partial charge is 0.493 e. The lowest BCUT2D eigenvalue weighted by Crippen LogP contribution is -2.44. The molecule has 0 radical (unpaired) electrons. The van der Waals surface area contributed by atoms with E-state index in [1.54, 1.807) is 20.3 Å². The highest BCUT2D eigenvalue weighted by Gasteiger charge is 2.41. The molecule has 9 nitrogen and oxygen atoms in total. The molecule has 0 saturated carbocycles. The Hall–Kier alpha value is -4.60. The predicted octanol–water partition coefficient (Wildman–Crippen LogP) is 6.23. The molecule has 0 spiro atoms. The molecule has 0 bridgehead atoms. The van der Waals surface area contributed by atoms with Crippen LogP contribution in [0.3, 0.4) is 0 Å². The Balaban J connectivity index is 1.51. The lowest BCUT2D eigenvalue weighted by Gasteiger charge is -2.38. The van der Waals surface area contributed by atoms with Crippen LogP contribution in [-0.4, -0.2) is 101 Å². The lowest BCUT2D eigenvalue weighted by atomic mass is 9.79. The molecular weight excluding hydrogens is 630 g/mol. The molecule has 1 unspecified atom stereocenters. The molecule has 1 atom stereocenters. The highest BCUT2D eigenvalue weighted by molar-refractivity contribution is 6.00. The Morgan fingerprint density at radius 3 is 1.88 bits per heavy atom. The SMILES string of the molecule is COC(=O)C1=C(C)N(CCC(c2ccccc2)c2ccccc2)C(C)=C(C(=O)OCCCN2CCN(C)CC2)C1c1ccc(OC)c(OC)c1. The number of carbonyl (C=O) groups excluding carboxylic acids is 2. The molecule has 0 amide bonds. The molecule has 1 fully saturated rings. The van der Waals surface area contributed by atoms with E-state index in [2.05, 4.69) is 70.3 Å². The molecule has 5 rings (SSSR count). The molecule has 0 aliphatic carbocycles. The van der Waals surface area contributed by atoms with Gasteiger partial charge >= 0.3 is 11.9 Å². The first kappa shape index (κ1) is 36.7. The molecular formula is C41H51N3O6. The molecule has 2 heterocycles. The van der Waals surface area contributed by atoms with Crippen LogP contribution in [0.5, 0.6) is 11.5 Å². The number of nitrogens with zero attached hydrogens (tertiary/aromatic N) is 3. The number of benzene rings is 3. The summed E-state index contributed by atoms with van der Waals surface area (Å²) >= 11 is 0. The zero-order valence-corrected chi connectivity index (χ0v) is 30.3. The van der Waals surface area contributed by atoms with Gasteiger partial charge in [-0.2, -0.15) is 0 Å². The van der Waals surface area contributed by atoms with Gasteiger partial charge in [-0.05, 0) is 62.6 Å². The summed E-state index contributed by atoms with van der Waals surface area (Å²) in [6.07, 6.45) is 1.46. The van der Waals surface area contributed by atoms with E-state index in [-0.39, 0.29) is 12.5 Å². The Morgan fingerprint density at radius 2 is 1.32 bits per heavy atom. The van der Waals surface area contributed by atoms with E-state index in [1.807, 2.05) is 38.1 Å². The first-order valence-electron chi connectivity index (χ1n) is 17.4. The van der Waals surface area contributed by atoms with Crippen molar-refractivity contribution in [3.63, 3.8) is 0 Å². The second kappa shape index (κ2) is 17.4. The third-order valence-electron chi connectivity index (χ3n) is 10.0. The van der Waals surface area contributed by atoms with Crippen molar-refractivity contribution in [3.8, 4) is 11.5 Å². The summed E-state index contributed by atoms with van der Waals surface area (Å²) < 4.78 is 22.6. The van der Waals surface area contributed by atoms with Crippen molar-refractivity contribution in [2.24, 2.45) is 0 Å². The minimum absolute atomic E-state index is 0.105. The van der Waals surface area contributed by atoms with Crippen LogP contribution in [0.1, 0.15) is 55.2 Å². The Kier molecular flexibility index (Phi) is 12.7. The Morgan fingerprint density at radius 1 is 0.740 bits per heavy atom. The van der Waals surface area contributed by atoms with Crippen molar-refractivity contribution in [1.82, 2.24) is 14.7 Å². The first-order valence-corrected chi connectivity index (χ1v) is 17.4. The molecule has 50 heavy (non-hydrogen) atoms. The van der Waals surface area contributed by atoms with Crippen molar-refractivity contribution in [1.29, 1.82) is 0 Å². The number of likely N-dealkylation sites (N-methyl/N-ethyl adjacent to an activating group) is 1. The third kappa shape index (κ3) is 8.40. The summed E-state index contributed by atoms with van der Waals surface area (Å²) in [6, 6.07) is 26.4. The maximum absolute atomic E-state index is 14.3. The smallest absolute Gasteiger partial charge is 0.336 e. The highest BCUT2D eigenvalue weighted by Crippen LogP contribution is 2.45. The topological polar surface area (TPSA) is 80.8 Å². The maximum atomic E-state index is 14.3. The number of hydrogen-bond acceptors (Lipinski definition) is 9. The van der Waals surface area contributed by atoms with Crippen molar-refractivity contribution < 1.29 is 28.5 Å². The zero-order valence-electron chi connectivity index (χ0n) is 30.3. The molecule has 0 N–H and O–H groups in total. The van der Waals surface area contributed by atoms with E-state index in [1.165, 1.54) is 18.2 Å². The first-order chi connectivity index (χ1) is 24.3. The quantitative estimate of drug-likeness (QED) is 0.145. The Labute approximate surface area is 297 Å². The van der Waals surface area contributed by atoms with E-state index in [0.29, 0.717) is 34.8 Å². The number of piperazine rings is 1. The average molecular weight is 682 g/mol. The van der Waals surface area contributed by atoms with Crippen molar-refractivity contribution in [3.05, 3.63) is 118 Å². The van der Waals surface area contributed by atoms with Gasteiger partial charge in [0.2, 0.25) is 0 Å². The second-order valence-electron chi connectivity index (χ2n) is 13.0. The molecule has 2 aliphatic heterocycles. The van der Waals surface area contributed by atoms with Crippen LogP contribution in [0.4, 0.5) is 0 Å². The van der Waals surface area contributed by atoms with Crippen LogP contribution < -0.4 is 9.47 Å². The van der Waals surface area contributed by atoms with Crippen LogP contribution in [-0.2, 0) is 19.1 Å². The molecule has 3 aromatic carbocycles. The van der Waals surface area contributed by atoms with Gasteiger partial charge in [0.1, 0.15) is 0 Å². The van der Waals surface area contributed by atoms with Gasteiger partial charge in [0.05, 0.1) is 45.0 Å². The fourth-order valence-corrected chi connectivity index (χ4v) is 7.20. The number of ether oxygens (including phenoxy) is 4. The molecule has 3 aromatic rings. The van der Waals surface area contributed by atoms with E-state index in [4.69, 9.17) is 18.9 Å². The Bertz CT molecular complexity index is 1620. The summed E-state index contributed by atoms with van der Waals surface area (Å²) in [5.74, 6) is -0.517. The van der Waals surface area contributed by atoms with E-state index >= 15 is 0 Å². The normalized spacial score (nSPS) is 17.3. The zero-order chi connectivity index (χ0) is 35.6. The van der Waals surface area contributed by atoms with Gasteiger partial charge in [0, 0.05) is 56.6 Å².